The number of aromatic nitrogens is 2. The minimum Gasteiger partial charge on any atom is -0.488 e. The maximum Gasteiger partial charge on any atom is 0.336 e. The summed E-state index contributed by atoms with van der Waals surface area (Å²) in [5.41, 5.74) is 2.10. The van der Waals surface area contributed by atoms with Crippen LogP contribution in [0, 0.1) is 5.82 Å². The second kappa shape index (κ2) is 8.45. The molecule has 0 aliphatic carbocycles. The van der Waals surface area contributed by atoms with Crippen LogP contribution in [0.1, 0.15) is 21.5 Å². The van der Waals surface area contributed by atoms with Gasteiger partial charge in [0.1, 0.15) is 18.2 Å². The van der Waals surface area contributed by atoms with Gasteiger partial charge in [-0.2, -0.15) is 5.10 Å². The second-order valence-corrected chi connectivity index (χ2v) is 7.97. The van der Waals surface area contributed by atoms with Crippen LogP contribution in [0.3, 0.4) is 0 Å². The Labute approximate surface area is 184 Å². The van der Waals surface area contributed by atoms with E-state index in [1.807, 2.05) is 18.2 Å². The molecule has 4 rings (SSSR count). The maximum absolute atomic E-state index is 14.1. The highest BCUT2D eigenvalue weighted by Crippen LogP contribution is 2.27. The fraction of sp³-hybridized carbons (Fsp3) is 0.0909. The van der Waals surface area contributed by atoms with Gasteiger partial charge in [-0.25, -0.2) is 9.18 Å². The largest absolute Gasteiger partial charge is 0.488 e. The predicted molar refractivity (Wildman–Crippen MR) is 116 cm³/mol. The summed E-state index contributed by atoms with van der Waals surface area (Å²) < 4.78 is 22.5. The van der Waals surface area contributed by atoms with E-state index in [0.29, 0.717) is 33.8 Å². The fourth-order valence-corrected chi connectivity index (χ4v) is 3.75. The summed E-state index contributed by atoms with van der Waals surface area (Å²) in [5, 5.41) is 14.6. The molecule has 0 amide bonds. The number of fused-ring (bicyclic) bond motifs is 1. The lowest BCUT2D eigenvalue weighted by molar-refractivity contribution is 0.0699. The number of carboxylic acids is 1. The number of hydrogen-bond acceptors (Lipinski definition) is 3. The molecule has 30 heavy (non-hydrogen) atoms. The zero-order valence-electron chi connectivity index (χ0n) is 15.5. The Morgan fingerprint density at radius 2 is 2.00 bits per heavy atom. The third-order valence-corrected chi connectivity index (χ3v) is 5.39. The van der Waals surface area contributed by atoms with E-state index >= 15 is 0 Å². The molecular formula is C22H15BrClFN2O3. The molecule has 3 aromatic carbocycles. The Morgan fingerprint density at radius 1 is 1.17 bits per heavy atom. The van der Waals surface area contributed by atoms with Crippen molar-refractivity contribution in [2.24, 2.45) is 0 Å². The maximum atomic E-state index is 14.1. The smallest absolute Gasteiger partial charge is 0.336 e. The van der Waals surface area contributed by atoms with Crippen LogP contribution < -0.4 is 4.74 Å². The van der Waals surface area contributed by atoms with E-state index in [0.717, 1.165) is 10.0 Å². The highest BCUT2D eigenvalue weighted by molar-refractivity contribution is 9.10. The molecule has 0 saturated carbocycles. The Kier molecular flexibility index (Phi) is 5.74. The van der Waals surface area contributed by atoms with Crippen LogP contribution in [0.25, 0.3) is 10.9 Å². The number of carbonyl (C=O) groups is 1. The van der Waals surface area contributed by atoms with Gasteiger partial charge in [-0.3, -0.25) is 4.68 Å². The molecule has 5 nitrogen and oxygen atoms in total. The minimum absolute atomic E-state index is 0.0423. The Hall–Kier alpha value is -2.90. The van der Waals surface area contributed by atoms with Gasteiger partial charge in [0, 0.05) is 26.0 Å². The lowest BCUT2D eigenvalue weighted by atomic mass is 10.1. The van der Waals surface area contributed by atoms with Crippen molar-refractivity contribution in [3.05, 3.63) is 92.8 Å². The van der Waals surface area contributed by atoms with Crippen LogP contribution in [-0.2, 0) is 13.2 Å². The van der Waals surface area contributed by atoms with Gasteiger partial charge in [0.2, 0.25) is 0 Å². The summed E-state index contributed by atoms with van der Waals surface area (Å²) in [6.07, 6.45) is 1.54. The Morgan fingerprint density at radius 3 is 2.77 bits per heavy atom. The summed E-state index contributed by atoms with van der Waals surface area (Å²) in [5.74, 6) is -0.859. The third-order valence-electron chi connectivity index (χ3n) is 4.66. The summed E-state index contributed by atoms with van der Waals surface area (Å²) >= 11 is 9.26. The molecule has 0 spiro atoms. The SMILES string of the molecule is O=C(O)c1cccc2c1cnn2Cc1cc(Br)ccc1OCc1ccc(Cl)cc1F. The quantitative estimate of drug-likeness (QED) is 0.365. The van der Waals surface area contributed by atoms with Gasteiger partial charge in [0.15, 0.2) is 0 Å². The normalized spacial score (nSPS) is 11.0. The molecule has 0 unspecified atom stereocenters. The number of ether oxygens (including phenoxy) is 1. The number of hydrogen-bond donors (Lipinski definition) is 1. The number of halogens is 3. The number of rotatable bonds is 6. The van der Waals surface area contributed by atoms with Gasteiger partial charge in [-0.1, -0.05) is 39.7 Å². The molecular weight excluding hydrogens is 475 g/mol. The zero-order chi connectivity index (χ0) is 21.3. The van der Waals surface area contributed by atoms with E-state index in [-0.39, 0.29) is 12.2 Å². The lowest BCUT2D eigenvalue weighted by Crippen LogP contribution is -2.06. The predicted octanol–water partition coefficient (Wildman–Crippen LogP) is 5.92. The van der Waals surface area contributed by atoms with E-state index in [1.165, 1.54) is 6.07 Å². The fourth-order valence-electron chi connectivity index (χ4n) is 3.18. The van der Waals surface area contributed by atoms with Crippen LogP contribution in [0.15, 0.2) is 65.3 Å². The summed E-state index contributed by atoms with van der Waals surface area (Å²) in [7, 11) is 0. The first-order valence-corrected chi connectivity index (χ1v) is 10.1. The molecule has 1 aromatic heterocycles. The van der Waals surface area contributed by atoms with Crippen molar-refractivity contribution < 1.29 is 19.0 Å². The van der Waals surface area contributed by atoms with Crippen LogP contribution in [0.5, 0.6) is 5.75 Å². The average Bonchev–Trinajstić information content (AvgIpc) is 3.11. The van der Waals surface area contributed by atoms with Gasteiger partial charge in [0.05, 0.1) is 23.8 Å². The molecule has 0 saturated heterocycles. The summed E-state index contributed by atoms with van der Waals surface area (Å²) in [6.45, 7) is 0.394. The van der Waals surface area contributed by atoms with Crippen molar-refractivity contribution in [2.75, 3.05) is 0 Å². The number of aromatic carboxylic acids is 1. The molecule has 8 heteroatoms. The third kappa shape index (κ3) is 4.17. The molecule has 0 fully saturated rings. The van der Waals surface area contributed by atoms with E-state index in [9.17, 15) is 14.3 Å². The topological polar surface area (TPSA) is 64.3 Å². The summed E-state index contributed by atoms with van der Waals surface area (Å²) in [4.78, 5) is 11.4. The van der Waals surface area contributed by atoms with Crippen LogP contribution in [-0.4, -0.2) is 20.9 Å². The molecule has 0 bridgehead atoms. The Balaban J connectivity index is 1.64. The first-order chi connectivity index (χ1) is 14.4. The number of carboxylic acid groups (broad SMARTS) is 1. The van der Waals surface area contributed by atoms with E-state index in [1.54, 1.807) is 41.2 Å². The van der Waals surface area contributed by atoms with Gasteiger partial charge in [0.25, 0.3) is 0 Å². The number of benzene rings is 3. The van der Waals surface area contributed by atoms with Crippen molar-refractivity contribution >= 4 is 44.4 Å². The first-order valence-electron chi connectivity index (χ1n) is 8.95. The van der Waals surface area contributed by atoms with Crippen molar-refractivity contribution in [2.45, 2.75) is 13.2 Å². The molecule has 0 atom stereocenters. The van der Waals surface area contributed by atoms with E-state index < -0.39 is 11.8 Å². The van der Waals surface area contributed by atoms with Crippen LogP contribution >= 0.6 is 27.5 Å². The molecule has 0 radical (unpaired) electrons. The Bertz CT molecular complexity index is 1260. The second-order valence-electron chi connectivity index (χ2n) is 6.62. The van der Waals surface area contributed by atoms with Gasteiger partial charge in [-0.15, -0.1) is 0 Å². The van der Waals surface area contributed by atoms with Crippen molar-refractivity contribution in [3.63, 3.8) is 0 Å². The van der Waals surface area contributed by atoms with Gasteiger partial charge in [-0.05, 0) is 42.5 Å². The lowest BCUT2D eigenvalue weighted by Gasteiger charge is -2.13. The minimum atomic E-state index is -1.00. The molecule has 1 heterocycles. The zero-order valence-corrected chi connectivity index (χ0v) is 17.8. The van der Waals surface area contributed by atoms with Gasteiger partial charge < -0.3 is 9.84 Å². The van der Waals surface area contributed by atoms with E-state index in [2.05, 4.69) is 21.0 Å². The summed E-state index contributed by atoms with van der Waals surface area (Å²) in [6, 6.07) is 15.0. The molecule has 0 aliphatic rings. The number of nitrogens with zero attached hydrogens (tertiary/aromatic N) is 2. The molecule has 0 aliphatic heterocycles. The standard InChI is InChI=1S/C22H15BrClFN2O3/c23-15-5-7-21(30-12-13-4-6-16(24)9-19(13)25)14(8-15)11-27-20-3-1-2-17(22(28)29)18(20)10-26-27/h1-10H,11-12H2,(H,28,29). The van der Waals surface area contributed by atoms with E-state index in [4.69, 9.17) is 16.3 Å². The van der Waals surface area contributed by atoms with Crippen LogP contribution in [0.2, 0.25) is 5.02 Å². The molecule has 1 N–H and O–H groups in total. The first kappa shape index (κ1) is 20.4. The van der Waals surface area contributed by atoms with Crippen molar-refractivity contribution in [1.29, 1.82) is 0 Å². The monoisotopic (exact) mass is 488 g/mol. The van der Waals surface area contributed by atoms with Gasteiger partial charge >= 0.3 is 5.97 Å². The van der Waals surface area contributed by atoms with Crippen molar-refractivity contribution in [3.8, 4) is 5.75 Å². The average molecular weight is 490 g/mol. The highest BCUT2D eigenvalue weighted by atomic mass is 79.9. The molecule has 152 valence electrons. The van der Waals surface area contributed by atoms with Crippen molar-refractivity contribution in [1.82, 2.24) is 9.78 Å². The van der Waals surface area contributed by atoms with Crippen LogP contribution in [0.4, 0.5) is 4.39 Å². The molecule has 4 aromatic rings. The highest BCUT2D eigenvalue weighted by Gasteiger charge is 2.14.